The van der Waals surface area contributed by atoms with Crippen molar-refractivity contribution in [2.24, 2.45) is 5.41 Å². The molecule has 0 aliphatic rings. The van der Waals surface area contributed by atoms with Crippen molar-refractivity contribution in [1.82, 2.24) is 14.9 Å². The van der Waals surface area contributed by atoms with Gasteiger partial charge in [0.25, 0.3) is 0 Å². The van der Waals surface area contributed by atoms with Crippen molar-refractivity contribution in [2.75, 3.05) is 6.61 Å². The zero-order valence-corrected chi connectivity index (χ0v) is 13.1. The molecular weight excluding hydrogens is 262 g/mol. The number of hydrogen-bond acceptors (Lipinski definition) is 3. The number of aliphatic hydroxyl groups is 1. The van der Waals surface area contributed by atoms with Gasteiger partial charge in [-0.3, -0.25) is 0 Å². The smallest absolute Gasteiger partial charge is 0.0991 e. The number of imidazole rings is 1. The summed E-state index contributed by atoms with van der Waals surface area (Å²) in [7, 11) is 0. The molecule has 0 radical (unpaired) electrons. The van der Waals surface area contributed by atoms with Gasteiger partial charge in [-0.25, -0.2) is 4.98 Å². The number of aromatic nitrogens is 2. The fourth-order valence-corrected chi connectivity index (χ4v) is 2.41. The fourth-order valence-electron chi connectivity index (χ4n) is 2.41. The van der Waals surface area contributed by atoms with E-state index in [1.54, 1.807) is 12.5 Å². The third kappa shape index (κ3) is 4.41. The molecule has 1 heterocycles. The molecule has 0 saturated heterocycles. The van der Waals surface area contributed by atoms with Crippen molar-refractivity contribution in [3.8, 4) is 5.69 Å². The highest BCUT2D eigenvalue weighted by molar-refractivity contribution is 5.34. The number of hydrogen-bond donors (Lipinski definition) is 2. The first kappa shape index (κ1) is 15.7. The Morgan fingerprint density at radius 1 is 1.24 bits per heavy atom. The van der Waals surface area contributed by atoms with E-state index in [1.165, 1.54) is 5.56 Å². The molecule has 21 heavy (non-hydrogen) atoms. The third-order valence-corrected chi connectivity index (χ3v) is 3.75. The Hall–Kier alpha value is -1.65. The summed E-state index contributed by atoms with van der Waals surface area (Å²) in [6.07, 6.45) is 6.28. The van der Waals surface area contributed by atoms with Crippen molar-refractivity contribution >= 4 is 0 Å². The van der Waals surface area contributed by atoms with Crippen LogP contribution < -0.4 is 5.32 Å². The number of nitrogens with one attached hydrogen (secondary N) is 1. The van der Waals surface area contributed by atoms with E-state index in [2.05, 4.69) is 55.3 Å². The van der Waals surface area contributed by atoms with Gasteiger partial charge in [-0.2, -0.15) is 0 Å². The molecule has 4 heteroatoms. The number of aliphatic hydroxyl groups excluding tert-OH is 1. The molecule has 0 amide bonds. The van der Waals surface area contributed by atoms with Crippen molar-refractivity contribution < 1.29 is 5.11 Å². The molecule has 1 aromatic heterocycles. The maximum atomic E-state index is 9.19. The van der Waals surface area contributed by atoms with Crippen LogP contribution in [0.1, 0.15) is 32.8 Å². The molecule has 0 fully saturated rings. The first-order valence-corrected chi connectivity index (χ1v) is 7.42. The lowest BCUT2D eigenvalue weighted by Gasteiger charge is -2.31. The number of rotatable bonds is 6. The molecule has 2 N–H and O–H groups in total. The molecule has 1 unspecified atom stereocenters. The molecule has 0 aliphatic carbocycles. The highest BCUT2D eigenvalue weighted by atomic mass is 16.3. The van der Waals surface area contributed by atoms with Gasteiger partial charge in [0.15, 0.2) is 0 Å². The minimum Gasteiger partial charge on any atom is -0.396 e. The predicted octanol–water partition coefficient (Wildman–Crippen LogP) is 2.76. The molecule has 2 rings (SSSR count). The standard InChI is InChI=1S/C17H25N3O/c1-17(2,3)16(8-11-21)19-12-14-4-6-15(7-5-14)20-10-9-18-13-20/h4-7,9-10,13,16,19,21H,8,11-12H2,1-3H3. The van der Waals surface area contributed by atoms with Gasteiger partial charge in [0.05, 0.1) is 6.33 Å². The summed E-state index contributed by atoms with van der Waals surface area (Å²) in [5.41, 5.74) is 2.49. The largest absolute Gasteiger partial charge is 0.396 e. The second kappa shape index (κ2) is 6.87. The Kier molecular flexibility index (Phi) is 5.15. The van der Waals surface area contributed by atoms with E-state index < -0.39 is 0 Å². The van der Waals surface area contributed by atoms with Crippen molar-refractivity contribution in [3.05, 3.63) is 48.5 Å². The lowest BCUT2D eigenvalue weighted by molar-refractivity contribution is 0.196. The first-order chi connectivity index (χ1) is 10.0. The summed E-state index contributed by atoms with van der Waals surface area (Å²) in [6, 6.07) is 8.74. The summed E-state index contributed by atoms with van der Waals surface area (Å²) < 4.78 is 1.99. The average molecular weight is 287 g/mol. The Labute approximate surface area is 126 Å². The lowest BCUT2D eigenvalue weighted by atomic mass is 9.85. The van der Waals surface area contributed by atoms with E-state index in [0.717, 1.165) is 18.7 Å². The molecule has 1 atom stereocenters. The molecule has 114 valence electrons. The average Bonchev–Trinajstić information content (AvgIpc) is 2.97. The van der Waals surface area contributed by atoms with Crippen LogP contribution in [-0.4, -0.2) is 27.3 Å². The van der Waals surface area contributed by atoms with Crippen LogP contribution in [-0.2, 0) is 6.54 Å². The Morgan fingerprint density at radius 2 is 1.95 bits per heavy atom. The van der Waals surface area contributed by atoms with Crippen LogP contribution in [0.3, 0.4) is 0 Å². The summed E-state index contributed by atoms with van der Waals surface area (Å²) >= 11 is 0. The zero-order chi connectivity index (χ0) is 15.3. The van der Waals surface area contributed by atoms with Crippen molar-refractivity contribution in [1.29, 1.82) is 0 Å². The highest BCUT2D eigenvalue weighted by Gasteiger charge is 2.23. The molecule has 1 aromatic carbocycles. The van der Waals surface area contributed by atoms with Crippen molar-refractivity contribution in [3.63, 3.8) is 0 Å². The zero-order valence-electron chi connectivity index (χ0n) is 13.1. The van der Waals surface area contributed by atoms with Crippen LogP contribution in [0.4, 0.5) is 0 Å². The molecule has 0 spiro atoms. The van der Waals surface area contributed by atoms with Crippen LogP contribution in [0.5, 0.6) is 0 Å². The first-order valence-electron chi connectivity index (χ1n) is 7.42. The quantitative estimate of drug-likeness (QED) is 0.859. The van der Waals surface area contributed by atoms with Gasteiger partial charge >= 0.3 is 0 Å². The van der Waals surface area contributed by atoms with Crippen molar-refractivity contribution in [2.45, 2.75) is 39.8 Å². The second-order valence-electron chi connectivity index (χ2n) is 6.45. The topological polar surface area (TPSA) is 50.1 Å². The summed E-state index contributed by atoms with van der Waals surface area (Å²) in [5.74, 6) is 0. The van der Waals surface area contributed by atoms with E-state index in [-0.39, 0.29) is 12.0 Å². The van der Waals surface area contributed by atoms with Gasteiger partial charge in [0.2, 0.25) is 0 Å². The molecule has 0 aliphatic heterocycles. The van der Waals surface area contributed by atoms with Crippen LogP contribution >= 0.6 is 0 Å². The Balaban J connectivity index is 1.97. The van der Waals surface area contributed by atoms with Crippen LogP contribution in [0.15, 0.2) is 43.0 Å². The summed E-state index contributed by atoms with van der Waals surface area (Å²) in [5, 5.41) is 12.7. The normalized spacial score (nSPS) is 13.3. The van der Waals surface area contributed by atoms with E-state index in [1.807, 2.05) is 10.8 Å². The lowest BCUT2D eigenvalue weighted by Crippen LogP contribution is -2.40. The predicted molar refractivity (Wildman–Crippen MR) is 85.3 cm³/mol. The van der Waals surface area contributed by atoms with Gasteiger partial charge in [-0.15, -0.1) is 0 Å². The third-order valence-electron chi connectivity index (χ3n) is 3.75. The maximum absolute atomic E-state index is 9.19. The SMILES string of the molecule is CC(C)(C)C(CCO)NCc1ccc(-n2ccnc2)cc1. The van der Waals surface area contributed by atoms with Gasteiger partial charge in [-0.05, 0) is 29.5 Å². The van der Waals surface area contributed by atoms with Gasteiger partial charge in [-0.1, -0.05) is 32.9 Å². The highest BCUT2D eigenvalue weighted by Crippen LogP contribution is 2.22. The molecular formula is C17H25N3O. The van der Waals surface area contributed by atoms with E-state index in [9.17, 15) is 5.11 Å². The summed E-state index contributed by atoms with van der Waals surface area (Å²) in [4.78, 5) is 4.05. The monoisotopic (exact) mass is 287 g/mol. The minimum absolute atomic E-state index is 0.138. The maximum Gasteiger partial charge on any atom is 0.0991 e. The van der Waals surface area contributed by atoms with Gasteiger partial charge < -0.3 is 15.0 Å². The van der Waals surface area contributed by atoms with Gasteiger partial charge in [0.1, 0.15) is 0 Å². The van der Waals surface area contributed by atoms with Crippen LogP contribution in [0.2, 0.25) is 0 Å². The minimum atomic E-state index is 0.138. The number of benzene rings is 1. The van der Waals surface area contributed by atoms with E-state index >= 15 is 0 Å². The molecule has 0 saturated carbocycles. The Bertz CT molecular complexity index is 526. The van der Waals surface area contributed by atoms with E-state index in [0.29, 0.717) is 6.04 Å². The molecule has 0 bridgehead atoms. The number of nitrogens with zero attached hydrogens (tertiary/aromatic N) is 2. The molecule has 2 aromatic rings. The Morgan fingerprint density at radius 3 is 2.48 bits per heavy atom. The molecule has 4 nitrogen and oxygen atoms in total. The van der Waals surface area contributed by atoms with Crippen LogP contribution in [0, 0.1) is 5.41 Å². The fraction of sp³-hybridized carbons (Fsp3) is 0.471. The summed E-state index contributed by atoms with van der Waals surface area (Å²) in [6.45, 7) is 7.62. The van der Waals surface area contributed by atoms with Crippen LogP contribution in [0.25, 0.3) is 5.69 Å². The van der Waals surface area contributed by atoms with E-state index in [4.69, 9.17) is 0 Å². The second-order valence-corrected chi connectivity index (χ2v) is 6.45. The van der Waals surface area contributed by atoms with Gasteiger partial charge in [0, 0.05) is 37.3 Å².